The van der Waals surface area contributed by atoms with Gasteiger partial charge in [0.25, 0.3) is 0 Å². The number of fused-ring (bicyclic) bond motifs is 1. The first-order valence-corrected chi connectivity index (χ1v) is 12.2. The molecule has 0 spiro atoms. The lowest BCUT2D eigenvalue weighted by Crippen LogP contribution is -2.35. The molecule has 2 aromatic heterocycles. The van der Waals surface area contributed by atoms with Crippen molar-refractivity contribution in [3.8, 4) is 5.69 Å². The Kier molecular flexibility index (Phi) is 5.35. The maximum Gasteiger partial charge on any atom is 0.160 e. The van der Waals surface area contributed by atoms with Crippen molar-refractivity contribution in [1.82, 2.24) is 14.5 Å². The Hall–Kier alpha value is -2.24. The van der Waals surface area contributed by atoms with Crippen LogP contribution in [-0.4, -0.2) is 31.4 Å². The minimum Gasteiger partial charge on any atom is -0.338 e. The third-order valence-electron chi connectivity index (χ3n) is 6.53. The molecule has 0 radical (unpaired) electrons. The van der Waals surface area contributed by atoms with Gasteiger partial charge in [-0.2, -0.15) is 0 Å². The van der Waals surface area contributed by atoms with E-state index in [1.807, 2.05) is 30.1 Å². The third-order valence-corrected chi connectivity index (χ3v) is 7.89. The van der Waals surface area contributed by atoms with E-state index < -0.39 is 0 Å². The summed E-state index contributed by atoms with van der Waals surface area (Å²) >= 11 is 8.25. The van der Waals surface area contributed by atoms with E-state index in [-0.39, 0.29) is 12.1 Å². The molecule has 0 amide bonds. The van der Waals surface area contributed by atoms with Gasteiger partial charge in [0.2, 0.25) is 0 Å². The Morgan fingerprint density at radius 1 is 1.13 bits per heavy atom. The third kappa shape index (κ3) is 3.39. The fraction of sp³-hybridized carbons (Fsp3) is 0.360. The van der Waals surface area contributed by atoms with Crippen LogP contribution in [0.25, 0.3) is 5.69 Å². The smallest absolute Gasteiger partial charge is 0.160 e. The highest BCUT2D eigenvalue weighted by atomic mass is 35.5. The highest BCUT2D eigenvalue weighted by molar-refractivity contribution is 8.14. The van der Waals surface area contributed by atoms with Crippen LogP contribution in [0.4, 0.5) is 0 Å². The summed E-state index contributed by atoms with van der Waals surface area (Å²) in [7, 11) is 0. The van der Waals surface area contributed by atoms with Crippen molar-refractivity contribution < 1.29 is 0 Å². The quantitative estimate of drug-likeness (QED) is 0.459. The molecule has 3 aromatic rings. The molecule has 0 N–H and O–H groups in total. The Bertz CT molecular complexity index is 1150. The average Bonchev–Trinajstić information content (AvgIpc) is 3.42. The minimum atomic E-state index is 0.00691. The number of thioether (sulfide) groups is 1. The van der Waals surface area contributed by atoms with E-state index >= 15 is 0 Å². The van der Waals surface area contributed by atoms with Gasteiger partial charge in [0, 0.05) is 40.1 Å². The van der Waals surface area contributed by atoms with Crippen LogP contribution in [0.15, 0.2) is 53.7 Å². The number of pyridine rings is 1. The number of hydrogen-bond donors (Lipinski definition) is 0. The topological polar surface area (TPSA) is 33.4 Å². The Morgan fingerprint density at radius 2 is 1.97 bits per heavy atom. The predicted molar refractivity (Wildman–Crippen MR) is 131 cm³/mol. The molecule has 160 valence electrons. The number of rotatable bonds is 4. The van der Waals surface area contributed by atoms with Gasteiger partial charge in [0.05, 0.1) is 11.7 Å². The standard InChI is InChI=1S/C25H27ClN4S/c1-5-19-14-31-25-28-23(21-8-6-7-11-27-21)24(30(19)25)20-12-16(3)29(17(20)4)22-13-18(26)10-9-15(22)2/h6-13,19,23-24H,5,14H2,1-4H3/t19-,23-,24-/m1/s1. The molecule has 1 aromatic carbocycles. The van der Waals surface area contributed by atoms with Gasteiger partial charge in [0.15, 0.2) is 5.17 Å². The molecule has 0 bridgehead atoms. The fourth-order valence-electron chi connectivity index (χ4n) is 4.97. The van der Waals surface area contributed by atoms with E-state index in [1.54, 1.807) is 0 Å². The predicted octanol–water partition coefficient (Wildman–Crippen LogP) is 6.43. The SMILES string of the molecule is CC[C@@H]1CSC2=N[C@H](c3ccccn3)[C@@H](c3cc(C)n(-c4cc(Cl)ccc4C)c3C)N21. The zero-order valence-corrected chi connectivity index (χ0v) is 19.9. The van der Waals surface area contributed by atoms with Gasteiger partial charge in [-0.3, -0.25) is 9.98 Å². The molecular formula is C25H27ClN4S. The number of benzene rings is 1. The summed E-state index contributed by atoms with van der Waals surface area (Å²) in [6.07, 6.45) is 2.99. The van der Waals surface area contributed by atoms with Gasteiger partial charge in [-0.05, 0) is 68.7 Å². The molecule has 5 rings (SSSR count). The van der Waals surface area contributed by atoms with Crippen molar-refractivity contribution in [3.05, 3.63) is 81.9 Å². The van der Waals surface area contributed by atoms with Gasteiger partial charge >= 0.3 is 0 Å². The van der Waals surface area contributed by atoms with Crippen molar-refractivity contribution in [1.29, 1.82) is 0 Å². The average molecular weight is 451 g/mol. The lowest BCUT2D eigenvalue weighted by molar-refractivity contribution is 0.254. The molecule has 2 aliphatic heterocycles. The zero-order chi connectivity index (χ0) is 21.7. The second kappa shape index (κ2) is 8.03. The van der Waals surface area contributed by atoms with Crippen LogP contribution in [0.5, 0.6) is 0 Å². The summed E-state index contributed by atoms with van der Waals surface area (Å²) in [5, 5.41) is 1.92. The molecule has 1 saturated heterocycles. The number of hydrogen-bond acceptors (Lipinski definition) is 4. The number of halogens is 1. The summed E-state index contributed by atoms with van der Waals surface area (Å²) in [4.78, 5) is 12.4. The van der Waals surface area contributed by atoms with Crippen LogP contribution >= 0.6 is 23.4 Å². The molecule has 31 heavy (non-hydrogen) atoms. The Morgan fingerprint density at radius 3 is 2.71 bits per heavy atom. The molecular weight excluding hydrogens is 424 g/mol. The monoisotopic (exact) mass is 450 g/mol. The molecule has 3 atom stereocenters. The van der Waals surface area contributed by atoms with Crippen LogP contribution in [-0.2, 0) is 0 Å². The number of aliphatic imine (C=N–C) groups is 1. The van der Waals surface area contributed by atoms with E-state index in [0.717, 1.165) is 33.7 Å². The lowest BCUT2D eigenvalue weighted by atomic mass is 9.95. The summed E-state index contributed by atoms with van der Waals surface area (Å²) in [6.45, 7) is 8.82. The first kappa shape index (κ1) is 20.7. The van der Waals surface area contributed by atoms with Crippen molar-refractivity contribution >= 4 is 28.5 Å². The maximum atomic E-state index is 6.37. The van der Waals surface area contributed by atoms with Crippen molar-refractivity contribution in [3.63, 3.8) is 0 Å². The van der Waals surface area contributed by atoms with E-state index in [4.69, 9.17) is 21.6 Å². The van der Waals surface area contributed by atoms with Gasteiger partial charge in [-0.15, -0.1) is 0 Å². The summed E-state index contributed by atoms with van der Waals surface area (Å²) < 4.78 is 2.34. The van der Waals surface area contributed by atoms with Crippen LogP contribution in [0.3, 0.4) is 0 Å². The normalized spacial score (nSPS) is 22.7. The van der Waals surface area contributed by atoms with Gasteiger partial charge in [-0.1, -0.05) is 42.4 Å². The van der Waals surface area contributed by atoms with Crippen LogP contribution < -0.4 is 0 Å². The second-order valence-electron chi connectivity index (χ2n) is 8.43. The first-order chi connectivity index (χ1) is 15.0. The fourth-order valence-corrected chi connectivity index (χ4v) is 6.47. The molecule has 0 unspecified atom stereocenters. The number of amidine groups is 1. The summed E-state index contributed by atoms with van der Waals surface area (Å²) in [5.41, 5.74) is 7.18. The van der Waals surface area contributed by atoms with Crippen molar-refractivity contribution in [2.24, 2.45) is 4.99 Å². The molecule has 0 saturated carbocycles. The highest BCUT2D eigenvalue weighted by Crippen LogP contribution is 2.49. The molecule has 4 heterocycles. The Balaban J connectivity index is 1.66. The van der Waals surface area contributed by atoms with E-state index in [1.165, 1.54) is 22.5 Å². The largest absolute Gasteiger partial charge is 0.338 e. The molecule has 1 fully saturated rings. The highest BCUT2D eigenvalue weighted by Gasteiger charge is 2.46. The van der Waals surface area contributed by atoms with E-state index in [9.17, 15) is 0 Å². The minimum absolute atomic E-state index is 0.00691. The van der Waals surface area contributed by atoms with Crippen molar-refractivity contribution in [2.75, 3.05) is 5.75 Å². The lowest BCUT2D eigenvalue weighted by Gasteiger charge is -2.32. The number of nitrogens with zero attached hydrogens (tertiary/aromatic N) is 4. The maximum absolute atomic E-state index is 6.37. The Labute approximate surface area is 193 Å². The van der Waals surface area contributed by atoms with Crippen molar-refractivity contribution in [2.45, 2.75) is 52.2 Å². The molecule has 0 aliphatic carbocycles. The second-order valence-corrected chi connectivity index (χ2v) is 9.85. The van der Waals surface area contributed by atoms with E-state index in [2.05, 4.69) is 67.5 Å². The number of aromatic nitrogens is 2. The molecule has 2 aliphatic rings. The van der Waals surface area contributed by atoms with Crippen LogP contribution in [0.2, 0.25) is 5.02 Å². The summed E-state index contributed by atoms with van der Waals surface area (Å²) in [6, 6.07) is 15.2. The van der Waals surface area contributed by atoms with Gasteiger partial charge < -0.3 is 9.47 Å². The zero-order valence-electron chi connectivity index (χ0n) is 18.3. The molecule has 6 heteroatoms. The summed E-state index contributed by atoms with van der Waals surface area (Å²) in [5.74, 6) is 1.10. The van der Waals surface area contributed by atoms with Crippen LogP contribution in [0.1, 0.15) is 53.6 Å². The van der Waals surface area contributed by atoms with E-state index in [0.29, 0.717) is 6.04 Å². The first-order valence-electron chi connectivity index (χ1n) is 10.8. The molecule has 4 nitrogen and oxygen atoms in total. The van der Waals surface area contributed by atoms with Crippen LogP contribution in [0, 0.1) is 20.8 Å². The number of aryl methyl sites for hydroxylation is 2. The van der Waals surface area contributed by atoms with Gasteiger partial charge in [0.1, 0.15) is 6.04 Å². The van der Waals surface area contributed by atoms with Gasteiger partial charge in [-0.25, -0.2) is 0 Å².